The number of aromatic hydroxyl groups is 3. The zero-order valence-corrected chi connectivity index (χ0v) is 35.0. The van der Waals surface area contributed by atoms with Crippen molar-refractivity contribution < 1.29 is 15.3 Å². The molecule has 0 fully saturated rings. The second-order valence-electron chi connectivity index (χ2n) is 21.1. The molecule has 4 rings (SSSR count). The van der Waals surface area contributed by atoms with Crippen LogP contribution in [0.5, 0.6) is 17.2 Å². The third kappa shape index (κ3) is 8.34. The summed E-state index contributed by atoms with van der Waals surface area (Å²) in [5, 5.41) is 34.9. The van der Waals surface area contributed by atoms with Crippen LogP contribution < -0.4 is 0 Å². The highest BCUT2D eigenvalue weighted by molar-refractivity contribution is 5.84. The summed E-state index contributed by atoms with van der Waals surface area (Å²) >= 11 is 0. The highest BCUT2D eigenvalue weighted by atomic mass is 16.3. The predicted octanol–water partition coefficient (Wildman–Crippen LogP) is 13.6. The van der Waals surface area contributed by atoms with Crippen molar-refractivity contribution in [2.24, 2.45) is 0 Å². The Morgan fingerprint density at radius 3 is 0.471 bits per heavy atom. The largest absolute Gasteiger partial charge is 0.507 e. The fourth-order valence-corrected chi connectivity index (χ4v) is 6.96. The topological polar surface area (TPSA) is 60.7 Å². The van der Waals surface area contributed by atoms with Crippen LogP contribution in [0, 0.1) is 0 Å². The Morgan fingerprint density at radius 2 is 0.353 bits per heavy atom. The standard InChI is InChI=1S/C48H66O3/c1-43(2,3)34-22-31(23-35(40(34)49)44(4,5)6)28-19-29(32-24-36(45(7,8)9)41(50)37(25-32)46(10,11)12)21-30(20-28)33-26-38(47(13,14)15)42(51)39(27-33)48(16,17)18/h19-27,49-51H,1-18H3. The lowest BCUT2D eigenvalue weighted by Crippen LogP contribution is -2.17. The van der Waals surface area contributed by atoms with Crippen LogP contribution in [0.3, 0.4) is 0 Å². The molecular weight excluding hydrogens is 625 g/mol. The highest BCUT2D eigenvalue weighted by Crippen LogP contribution is 2.47. The van der Waals surface area contributed by atoms with Crippen LogP contribution in [0.1, 0.15) is 158 Å². The fraction of sp³-hybridized carbons (Fsp3) is 0.500. The van der Waals surface area contributed by atoms with Crippen LogP contribution in [-0.4, -0.2) is 15.3 Å². The maximum absolute atomic E-state index is 11.6. The summed E-state index contributed by atoms with van der Waals surface area (Å²) in [5.74, 6) is 1.09. The average Bonchev–Trinajstić information content (AvgIpc) is 2.93. The molecule has 0 aliphatic heterocycles. The second kappa shape index (κ2) is 12.7. The zero-order valence-electron chi connectivity index (χ0n) is 35.0. The summed E-state index contributed by atoms with van der Waals surface area (Å²) in [6, 6.07) is 19.7. The summed E-state index contributed by atoms with van der Waals surface area (Å²) in [7, 11) is 0. The smallest absolute Gasteiger partial charge is 0.123 e. The van der Waals surface area contributed by atoms with E-state index in [-0.39, 0.29) is 32.5 Å². The third-order valence-corrected chi connectivity index (χ3v) is 10.1. The quantitative estimate of drug-likeness (QED) is 0.200. The van der Waals surface area contributed by atoms with Gasteiger partial charge in [0.1, 0.15) is 17.2 Å². The van der Waals surface area contributed by atoms with E-state index in [0.717, 1.165) is 66.8 Å². The number of rotatable bonds is 3. The van der Waals surface area contributed by atoms with Crippen molar-refractivity contribution in [1.29, 1.82) is 0 Å². The molecule has 3 nitrogen and oxygen atoms in total. The molecule has 276 valence electrons. The van der Waals surface area contributed by atoms with Crippen molar-refractivity contribution in [1.82, 2.24) is 0 Å². The monoisotopic (exact) mass is 691 g/mol. The van der Waals surface area contributed by atoms with Gasteiger partial charge in [0.15, 0.2) is 0 Å². The number of hydrogen-bond acceptors (Lipinski definition) is 3. The minimum Gasteiger partial charge on any atom is -0.507 e. The van der Waals surface area contributed by atoms with Gasteiger partial charge in [0.2, 0.25) is 0 Å². The van der Waals surface area contributed by atoms with Crippen LogP contribution in [-0.2, 0) is 32.5 Å². The van der Waals surface area contributed by atoms with Crippen molar-refractivity contribution in [2.45, 2.75) is 157 Å². The number of phenols is 3. The Bertz CT molecular complexity index is 1600. The van der Waals surface area contributed by atoms with Crippen molar-refractivity contribution in [2.75, 3.05) is 0 Å². The number of hydrogen-bond donors (Lipinski definition) is 3. The SMILES string of the molecule is CC(C)(C)c1cc(-c2cc(-c3cc(C(C)(C)C)c(O)c(C(C)(C)C)c3)cc(-c3cc(C(C)(C)C)c(O)c(C(C)(C)C)c3)c2)cc(C(C)(C)C)c1O. The van der Waals surface area contributed by atoms with Crippen LogP contribution in [0.4, 0.5) is 0 Å². The molecule has 0 spiro atoms. The predicted molar refractivity (Wildman–Crippen MR) is 220 cm³/mol. The number of benzene rings is 4. The van der Waals surface area contributed by atoms with Crippen LogP contribution >= 0.6 is 0 Å². The van der Waals surface area contributed by atoms with Crippen molar-refractivity contribution in [3.63, 3.8) is 0 Å². The first kappa shape index (κ1) is 40.1. The third-order valence-electron chi connectivity index (χ3n) is 10.1. The molecule has 0 aliphatic carbocycles. The molecule has 0 heterocycles. The summed E-state index contributed by atoms with van der Waals surface area (Å²) in [5.41, 5.74) is 10.1. The van der Waals surface area contributed by atoms with Gasteiger partial charge in [-0.3, -0.25) is 0 Å². The van der Waals surface area contributed by atoms with Gasteiger partial charge < -0.3 is 15.3 Å². The van der Waals surface area contributed by atoms with Crippen LogP contribution in [0.15, 0.2) is 54.6 Å². The molecule has 0 atom stereocenters. The molecular formula is C48H66O3. The first-order valence-corrected chi connectivity index (χ1v) is 18.6. The molecule has 4 aromatic rings. The molecule has 0 saturated heterocycles. The minimum absolute atomic E-state index is 0.277. The van der Waals surface area contributed by atoms with Crippen LogP contribution in [0.25, 0.3) is 33.4 Å². The van der Waals surface area contributed by atoms with E-state index in [0.29, 0.717) is 17.2 Å². The van der Waals surface area contributed by atoms with Gasteiger partial charge in [-0.2, -0.15) is 0 Å². The average molecular weight is 691 g/mol. The molecule has 0 aliphatic rings. The maximum atomic E-state index is 11.6. The first-order chi connectivity index (χ1) is 22.8. The summed E-state index contributed by atoms with van der Waals surface area (Å²) < 4.78 is 0. The van der Waals surface area contributed by atoms with Crippen molar-refractivity contribution >= 4 is 0 Å². The van der Waals surface area contributed by atoms with E-state index >= 15 is 0 Å². The van der Waals surface area contributed by atoms with Crippen molar-refractivity contribution in [3.8, 4) is 50.6 Å². The van der Waals surface area contributed by atoms with E-state index in [2.05, 4.69) is 179 Å². The van der Waals surface area contributed by atoms with Gasteiger partial charge in [0.05, 0.1) is 0 Å². The van der Waals surface area contributed by atoms with Gasteiger partial charge >= 0.3 is 0 Å². The summed E-state index contributed by atoms with van der Waals surface area (Å²) in [6.45, 7) is 38.7. The van der Waals surface area contributed by atoms with Crippen LogP contribution in [0.2, 0.25) is 0 Å². The van der Waals surface area contributed by atoms with E-state index in [1.807, 2.05) is 0 Å². The second-order valence-corrected chi connectivity index (χ2v) is 21.1. The van der Waals surface area contributed by atoms with E-state index < -0.39 is 0 Å². The Morgan fingerprint density at radius 1 is 0.235 bits per heavy atom. The minimum atomic E-state index is -0.277. The first-order valence-electron chi connectivity index (χ1n) is 18.6. The van der Waals surface area contributed by atoms with Gasteiger partial charge in [-0.1, -0.05) is 125 Å². The highest BCUT2D eigenvalue weighted by Gasteiger charge is 2.30. The lowest BCUT2D eigenvalue weighted by atomic mass is 9.76. The maximum Gasteiger partial charge on any atom is 0.123 e. The van der Waals surface area contributed by atoms with E-state index in [9.17, 15) is 15.3 Å². The molecule has 3 N–H and O–H groups in total. The van der Waals surface area contributed by atoms with E-state index in [4.69, 9.17) is 0 Å². The van der Waals surface area contributed by atoms with E-state index in [1.165, 1.54) is 0 Å². The summed E-state index contributed by atoms with van der Waals surface area (Å²) in [6.07, 6.45) is 0. The molecule has 0 radical (unpaired) electrons. The van der Waals surface area contributed by atoms with Gasteiger partial charge in [-0.05, 0) is 120 Å². The molecule has 0 bridgehead atoms. The molecule has 0 amide bonds. The zero-order chi connectivity index (χ0) is 39.0. The fourth-order valence-electron chi connectivity index (χ4n) is 6.96. The van der Waals surface area contributed by atoms with Crippen molar-refractivity contribution in [3.05, 3.63) is 88.0 Å². The summed E-state index contributed by atoms with van der Waals surface area (Å²) in [4.78, 5) is 0. The molecule has 0 unspecified atom stereocenters. The lowest BCUT2D eigenvalue weighted by molar-refractivity contribution is 0.422. The van der Waals surface area contributed by atoms with Gasteiger partial charge in [-0.25, -0.2) is 0 Å². The number of phenolic OH excluding ortho intramolecular Hbond substituents is 3. The molecule has 0 saturated carbocycles. The van der Waals surface area contributed by atoms with E-state index in [1.54, 1.807) is 0 Å². The lowest BCUT2D eigenvalue weighted by Gasteiger charge is -2.29. The van der Waals surface area contributed by atoms with Gasteiger partial charge in [0.25, 0.3) is 0 Å². The Kier molecular flexibility index (Phi) is 10.0. The molecule has 3 heteroatoms. The van der Waals surface area contributed by atoms with Gasteiger partial charge in [0, 0.05) is 33.4 Å². The molecule has 51 heavy (non-hydrogen) atoms. The Balaban J connectivity index is 2.24. The van der Waals surface area contributed by atoms with Gasteiger partial charge in [-0.15, -0.1) is 0 Å². The molecule has 0 aromatic heterocycles. The normalized spacial score (nSPS) is 13.5. The Labute approximate surface area is 310 Å². The molecule has 4 aromatic carbocycles. The Hall–Kier alpha value is -3.72.